The molecule has 1 aromatic carbocycles. The van der Waals surface area contributed by atoms with E-state index in [0.717, 1.165) is 17.7 Å². The molecule has 1 saturated heterocycles. The second-order valence-corrected chi connectivity index (χ2v) is 7.79. The van der Waals surface area contributed by atoms with Gasteiger partial charge in [0.2, 0.25) is 11.8 Å². The smallest absolute Gasteiger partial charge is 0.324 e. The topological polar surface area (TPSA) is 98.8 Å². The van der Waals surface area contributed by atoms with Crippen LogP contribution >= 0.6 is 0 Å². The van der Waals surface area contributed by atoms with Crippen molar-refractivity contribution in [2.75, 3.05) is 16.8 Å². The maximum atomic E-state index is 13.2. The Morgan fingerprint density at radius 1 is 1.14 bits per heavy atom. The van der Waals surface area contributed by atoms with E-state index < -0.39 is 23.5 Å². The first kappa shape index (κ1) is 20.8. The summed E-state index contributed by atoms with van der Waals surface area (Å²) in [4.78, 5) is 53.5. The fourth-order valence-electron chi connectivity index (χ4n) is 4.32. The third-order valence-electron chi connectivity index (χ3n) is 5.52. The van der Waals surface area contributed by atoms with Crippen molar-refractivity contribution in [2.24, 2.45) is 0 Å². The molecule has 29 heavy (non-hydrogen) atoms. The molecule has 0 spiro atoms. The van der Waals surface area contributed by atoms with Gasteiger partial charge >= 0.3 is 6.03 Å². The van der Waals surface area contributed by atoms with Gasteiger partial charge in [-0.05, 0) is 31.9 Å². The highest BCUT2D eigenvalue weighted by molar-refractivity contribution is 6.11. The second-order valence-electron chi connectivity index (χ2n) is 7.79. The zero-order valence-corrected chi connectivity index (χ0v) is 17.2. The zero-order chi connectivity index (χ0) is 21.2. The van der Waals surface area contributed by atoms with Crippen LogP contribution in [0, 0.1) is 0 Å². The summed E-state index contributed by atoms with van der Waals surface area (Å²) in [6, 6.07) is 6.11. The number of anilines is 2. The largest absolute Gasteiger partial charge is 0.325 e. The fourth-order valence-corrected chi connectivity index (χ4v) is 4.32. The van der Waals surface area contributed by atoms with Gasteiger partial charge in [0, 0.05) is 12.5 Å². The second kappa shape index (κ2) is 8.23. The van der Waals surface area contributed by atoms with Crippen LogP contribution in [0.5, 0.6) is 0 Å². The summed E-state index contributed by atoms with van der Waals surface area (Å²) in [6.07, 6.45) is 2.71. The molecule has 5 amide bonds. The lowest BCUT2D eigenvalue weighted by Gasteiger charge is -2.29. The minimum absolute atomic E-state index is 0.135. The number of nitrogens with one attached hydrogen (secondary N) is 2. The lowest BCUT2D eigenvalue weighted by molar-refractivity contribution is -0.135. The molecule has 156 valence electrons. The molecule has 8 nitrogen and oxygen atoms in total. The molecule has 0 radical (unpaired) electrons. The van der Waals surface area contributed by atoms with Crippen LogP contribution in [0.2, 0.25) is 0 Å². The Bertz CT molecular complexity index is 832. The Balaban J connectivity index is 1.87. The number of carbonyl (C=O) groups is 4. The number of fused-ring (bicyclic) bond motifs is 1. The average molecular weight is 400 g/mol. The summed E-state index contributed by atoms with van der Waals surface area (Å²) in [5.41, 5.74) is 0.177. The third kappa shape index (κ3) is 3.83. The highest BCUT2D eigenvalue weighted by Crippen LogP contribution is 2.32. The summed E-state index contributed by atoms with van der Waals surface area (Å²) in [5.74, 6) is -0.918. The monoisotopic (exact) mass is 400 g/mol. The Labute approximate surface area is 170 Å². The van der Waals surface area contributed by atoms with Crippen LogP contribution in [0.4, 0.5) is 16.2 Å². The Morgan fingerprint density at radius 3 is 2.45 bits per heavy atom. The molecule has 1 aromatic rings. The SMILES string of the molecule is CCCC1(CCC)NC(=O)N(CC(=O)N2c3ccccc3NC(=O)C[C@H]2C)C1=O. The van der Waals surface area contributed by atoms with Gasteiger partial charge in [-0.15, -0.1) is 0 Å². The molecule has 8 heteroatoms. The van der Waals surface area contributed by atoms with Gasteiger partial charge in [-0.3, -0.25) is 19.3 Å². The van der Waals surface area contributed by atoms with E-state index in [0.29, 0.717) is 24.2 Å². The van der Waals surface area contributed by atoms with E-state index in [1.807, 2.05) is 13.8 Å². The van der Waals surface area contributed by atoms with E-state index >= 15 is 0 Å². The maximum Gasteiger partial charge on any atom is 0.325 e. The van der Waals surface area contributed by atoms with Crippen molar-refractivity contribution in [2.45, 2.75) is 64.5 Å². The van der Waals surface area contributed by atoms with Crippen LogP contribution in [0.1, 0.15) is 52.9 Å². The normalized spacial score (nSPS) is 20.8. The van der Waals surface area contributed by atoms with Gasteiger partial charge in [-0.1, -0.05) is 38.8 Å². The minimum Gasteiger partial charge on any atom is -0.324 e. The summed E-state index contributed by atoms with van der Waals surface area (Å²) in [6.45, 7) is 5.35. The van der Waals surface area contributed by atoms with Gasteiger partial charge in [0.15, 0.2) is 0 Å². The summed E-state index contributed by atoms with van der Waals surface area (Å²) in [5, 5.41) is 5.63. The van der Waals surface area contributed by atoms with Crippen LogP contribution in [-0.4, -0.2) is 46.8 Å². The molecule has 1 fully saturated rings. The van der Waals surface area contributed by atoms with Crippen LogP contribution in [0.3, 0.4) is 0 Å². The van der Waals surface area contributed by atoms with E-state index in [9.17, 15) is 19.2 Å². The summed E-state index contributed by atoms with van der Waals surface area (Å²) >= 11 is 0. The number of urea groups is 1. The van der Waals surface area contributed by atoms with E-state index in [1.165, 1.54) is 4.90 Å². The number of hydrogen-bond acceptors (Lipinski definition) is 4. The number of para-hydroxylation sites is 2. The first-order valence-corrected chi connectivity index (χ1v) is 10.2. The van der Waals surface area contributed by atoms with Crippen molar-refractivity contribution in [3.05, 3.63) is 24.3 Å². The van der Waals surface area contributed by atoms with Crippen molar-refractivity contribution in [3.8, 4) is 0 Å². The Hall–Kier alpha value is -2.90. The van der Waals surface area contributed by atoms with Crippen molar-refractivity contribution in [1.82, 2.24) is 10.2 Å². The standard InChI is InChI=1S/C21H28N4O4/c1-4-10-21(11-5-2)19(28)24(20(29)23-21)13-18(27)25-14(3)12-17(26)22-15-8-6-7-9-16(15)25/h6-9,14H,4-5,10-13H2,1-3H3,(H,22,26)(H,23,29)/t14-/m1/s1. The number of amides is 5. The summed E-state index contributed by atoms with van der Waals surface area (Å²) < 4.78 is 0. The van der Waals surface area contributed by atoms with Gasteiger partial charge in [-0.2, -0.15) is 0 Å². The van der Waals surface area contributed by atoms with Gasteiger partial charge in [-0.25, -0.2) is 4.79 Å². The molecule has 1 atom stereocenters. The number of carbonyl (C=O) groups excluding carboxylic acids is 4. The molecule has 0 saturated carbocycles. The quantitative estimate of drug-likeness (QED) is 0.717. The van der Waals surface area contributed by atoms with Crippen molar-refractivity contribution < 1.29 is 19.2 Å². The summed E-state index contributed by atoms with van der Waals surface area (Å²) in [7, 11) is 0. The van der Waals surface area contributed by atoms with E-state index in [1.54, 1.807) is 31.2 Å². The molecule has 2 heterocycles. The minimum atomic E-state index is -0.930. The van der Waals surface area contributed by atoms with E-state index in [2.05, 4.69) is 10.6 Å². The number of imide groups is 1. The fraction of sp³-hybridized carbons (Fsp3) is 0.524. The molecule has 0 bridgehead atoms. The molecular weight excluding hydrogens is 372 g/mol. The molecule has 2 aliphatic rings. The molecular formula is C21H28N4O4. The van der Waals surface area contributed by atoms with Gasteiger partial charge < -0.3 is 15.5 Å². The maximum absolute atomic E-state index is 13.2. The lowest BCUT2D eigenvalue weighted by atomic mass is 9.88. The van der Waals surface area contributed by atoms with Gasteiger partial charge in [0.25, 0.3) is 5.91 Å². The van der Waals surface area contributed by atoms with Crippen LogP contribution in [0.25, 0.3) is 0 Å². The Morgan fingerprint density at radius 2 is 1.79 bits per heavy atom. The van der Waals surface area contributed by atoms with Crippen molar-refractivity contribution >= 4 is 35.1 Å². The first-order chi connectivity index (χ1) is 13.8. The number of hydrogen-bond donors (Lipinski definition) is 2. The number of rotatable bonds is 6. The van der Waals surface area contributed by atoms with Crippen LogP contribution in [0.15, 0.2) is 24.3 Å². The molecule has 2 N–H and O–H groups in total. The van der Waals surface area contributed by atoms with Crippen molar-refractivity contribution in [3.63, 3.8) is 0 Å². The van der Waals surface area contributed by atoms with E-state index in [4.69, 9.17) is 0 Å². The van der Waals surface area contributed by atoms with Crippen LogP contribution < -0.4 is 15.5 Å². The van der Waals surface area contributed by atoms with Crippen molar-refractivity contribution in [1.29, 1.82) is 0 Å². The highest BCUT2D eigenvalue weighted by Gasteiger charge is 2.50. The molecule has 0 aromatic heterocycles. The molecule has 2 aliphatic heterocycles. The van der Waals surface area contributed by atoms with Gasteiger partial charge in [0.05, 0.1) is 11.4 Å². The van der Waals surface area contributed by atoms with Gasteiger partial charge in [0.1, 0.15) is 12.1 Å². The molecule has 0 unspecified atom stereocenters. The average Bonchev–Trinajstić information content (AvgIpc) is 2.80. The number of nitrogens with zero attached hydrogens (tertiary/aromatic N) is 2. The first-order valence-electron chi connectivity index (χ1n) is 10.2. The third-order valence-corrected chi connectivity index (χ3v) is 5.52. The molecule has 3 rings (SSSR count). The van der Waals surface area contributed by atoms with E-state index in [-0.39, 0.29) is 24.8 Å². The lowest BCUT2D eigenvalue weighted by Crippen LogP contribution is -2.49. The number of benzene rings is 1. The van der Waals surface area contributed by atoms with Crippen LogP contribution in [-0.2, 0) is 14.4 Å². The zero-order valence-electron chi connectivity index (χ0n) is 17.2. The Kier molecular flexibility index (Phi) is 5.91. The predicted octanol–water partition coefficient (Wildman–Crippen LogP) is 2.64. The highest BCUT2D eigenvalue weighted by atomic mass is 16.2. The molecule has 0 aliphatic carbocycles. The predicted molar refractivity (Wildman–Crippen MR) is 109 cm³/mol.